The van der Waals surface area contributed by atoms with Crippen LogP contribution in [0.25, 0.3) is 11.2 Å². The molecule has 5 atom stereocenters. The summed E-state index contributed by atoms with van der Waals surface area (Å²) in [5.41, 5.74) is 3.82. The highest BCUT2D eigenvalue weighted by Crippen LogP contribution is 2.34. The van der Waals surface area contributed by atoms with Crippen molar-refractivity contribution in [3.05, 3.63) is 48.1 Å². The number of nitrogens with one attached hydrogen (secondary N) is 1. The third-order valence-electron chi connectivity index (χ3n) is 6.10. The zero-order valence-corrected chi connectivity index (χ0v) is 16.4. The van der Waals surface area contributed by atoms with Crippen LogP contribution >= 0.6 is 0 Å². The molecule has 5 rings (SSSR count). The first kappa shape index (κ1) is 19.4. The van der Waals surface area contributed by atoms with Crippen LogP contribution in [0, 0.1) is 0 Å². The minimum Gasteiger partial charge on any atom is -0.394 e. The number of hydrogen-bond acceptors (Lipinski definition) is 8. The second kappa shape index (κ2) is 7.92. The molecule has 1 aliphatic heterocycles. The van der Waals surface area contributed by atoms with Crippen LogP contribution in [0.4, 0.5) is 5.82 Å². The Hall–Kier alpha value is -2.59. The van der Waals surface area contributed by atoms with Crippen molar-refractivity contribution < 1.29 is 20.1 Å². The number of rotatable bonds is 4. The van der Waals surface area contributed by atoms with E-state index in [0.717, 1.165) is 25.7 Å². The van der Waals surface area contributed by atoms with Gasteiger partial charge in [0.2, 0.25) is 0 Å². The zero-order valence-electron chi connectivity index (χ0n) is 16.4. The Kier molecular flexibility index (Phi) is 5.11. The Labute approximate surface area is 173 Å². The number of hydrogen-bond donors (Lipinski definition) is 4. The van der Waals surface area contributed by atoms with Gasteiger partial charge in [-0.1, -0.05) is 29.9 Å². The smallest absolute Gasteiger partial charge is 0.167 e. The molecule has 9 nitrogen and oxygen atoms in total. The molecular weight excluding hydrogens is 386 g/mol. The van der Waals surface area contributed by atoms with E-state index in [0.29, 0.717) is 17.0 Å². The highest BCUT2D eigenvalue weighted by molar-refractivity contribution is 5.83. The van der Waals surface area contributed by atoms with Gasteiger partial charge in [-0.2, -0.15) is 0 Å². The molecule has 1 unspecified atom stereocenters. The minimum absolute atomic E-state index is 0.141. The zero-order chi connectivity index (χ0) is 20.7. The summed E-state index contributed by atoms with van der Waals surface area (Å²) in [4.78, 5) is 13.2. The van der Waals surface area contributed by atoms with E-state index < -0.39 is 24.5 Å². The van der Waals surface area contributed by atoms with Crippen LogP contribution < -0.4 is 5.32 Å². The van der Waals surface area contributed by atoms with Gasteiger partial charge in [0.15, 0.2) is 23.2 Å². The molecule has 9 heteroatoms. The van der Waals surface area contributed by atoms with Gasteiger partial charge in [-0.15, -0.1) is 0 Å². The van der Waals surface area contributed by atoms with Crippen molar-refractivity contribution in [3.63, 3.8) is 0 Å². The fourth-order valence-electron chi connectivity index (χ4n) is 4.54. The Morgan fingerprint density at radius 3 is 2.90 bits per heavy atom. The molecule has 0 spiro atoms. The van der Waals surface area contributed by atoms with Crippen molar-refractivity contribution in [2.45, 2.75) is 56.3 Å². The summed E-state index contributed by atoms with van der Waals surface area (Å²) in [6, 6.07) is 0.141. The quantitative estimate of drug-likeness (QED) is 0.592. The molecular formula is C21H25N5O4. The number of aliphatic hydroxyl groups excluding tert-OH is 3. The third-order valence-corrected chi connectivity index (χ3v) is 6.10. The summed E-state index contributed by atoms with van der Waals surface area (Å²) in [5, 5.41) is 33.3. The lowest BCUT2D eigenvalue weighted by Gasteiger charge is -2.27. The average Bonchev–Trinajstić information content (AvgIpc) is 3.20. The maximum atomic E-state index is 10.4. The lowest BCUT2D eigenvalue weighted by molar-refractivity contribution is -0.0511. The van der Waals surface area contributed by atoms with Crippen molar-refractivity contribution >= 4 is 17.0 Å². The summed E-state index contributed by atoms with van der Waals surface area (Å²) >= 11 is 0. The van der Waals surface area contributed by atoms with Crippen LogP contribution in [-0.2, 0) is 4.74 Å². The lowest BCUT2D eigenvalue weighted by Crippen LogP contribution is -2.33. The van der Waals surface area contributed by atoms with Gasteiger partial charge in [-0.25, -0.2) is 15.0 Å². The number of anilines is 1. The lowest BCUT2D eigenvalue weighted by atomic mass is 9.86. The normalized spacial score (nSPS) is 31.2. The van der Waals surface area contributed by atoms with Gasteiger partial charge in [-0.05, 0) is 31.3 Å². The summed E-state index contributed by atoms with van der Waals surface area (Å²) in [5.74, 6) is 0.620. The predicted molar refractivity (Wildman–Crippen MR) is 110 cm³/mol. The number of aromatic nitrogens is 4. The fraction of sp³-hybridized carbons (Fsp3) is 0.476. The second-order valence-electron chi connectivity index (χ2n) is 7.91. The van der Waals surface area contributed by atoms with Crippen molar-refractivity contribution in [2.24, 2.45) is 0 Å². The number of ether oxygens (including phenoxy) is 1. The first-order valence-corrected chi connectivity index (χ1v) is 10.3. The molecule has 0 saturated carbocycles. The minimum atomic E-state index is -1.19. The number of allylic oxidation sites excluding steroid dienone is 4. The maximum Gasteiger partial charge on any atom is 0.167 e. The highest BCUT2D eigenvalue weighted by Gasteiger charge is 2.44. The highest BCUT2D eigenvalue weighted by atomic mass is 16.6. The van der Waals surface area contributed by atoms with Gasteiger partial charge in [0, 0.05) is 0 Å². The monoisotopic (exact) mass is 411 g/mol. The van der Waals surface area contributed by atoms with Crippen LogP contribution in [0.2, 0.25) is 0 Å². The third kappa shape index (κ3) is 3.24. The van der Waals surface area contributed by atoms with Crippen LogP contribution in [0.15, 0.2) is 48.1 Å². The SMILES string of the molecule is OC[C@H]1O[C@@H](n2cnc3c(NC4CCCC5=C4C=CC=CC5)ncnc32)[C@H](O)[C@@H]1O. The van der Waals surface area contributed by atoms with E-state index in [1.165, 1.54) is 23.8 Å². The Balaban J connectivity index is 1.46. The van der Waals surface area contributed by atoms with E-state index in [1.54, 1.807) is 4.57 Å². The van der Waals surface area contributed by atoms with Crippen LogP contribution in [-0.4, -0.2) is 65.8 Å². The molecule has 1 fully saturated rings. The van der Waals surface area contributed by atoms with E-state index >= 15 is 0 Å². The van der Waals surface area contributed by atoms with Crippen LogP contribution in [0.5, 0.6) is 0 Å². The van der Waals surface area contributed by atoms with E-state index in [-0.39, 0.29) is 12.6 Å². The topological polar surface area (TPSA) is 126 Å². The summed E-state index contributed by atoms with van der Waals surface area (Å²) in [7, 11) is 0. The molecule has 2 aromatic heterocycles. The second-order valence-corrected chi connectivity index (χ2v) is 7.91. The molecule has 0 amide bonds. The van der Waals surface area contributed by atoms with Gasteiger partial charge in [0.25, 0.3) is 0 Å². The van der Waals surface area contributed by atoms with E-state index in [4.69, 9.17) is 4.74 Å². The van der Waals surface area contributed by atoms with Crippen molar-refractivity contribution in [1.82, 2.24) is 19.5 Å². The number of nitrogens with zero attached hydrogens (tertiary/aromatic N) is 4. The first-order valence-electron chi connectivity index (χ1n) is 10.3. The molecule has 4 N–H and O–H groups in total. The van der Waals surface area contributed by atoms with E-state index in [2.05, 4.69) is 44.6 Å². The van der Waals surface area contributed by atoms with Gasteiger partial charge >= 0.3 is 0 Å². The molecule has 2 aliphatic carbocycles. The van der Waals surface area contributed by atoms with Crippen molar-refractivity contribution in [2.75, 3.05) is 11.9 Å². The molecule has 30 heavy (non-hydrogen) atoms. The largest absolute Gasteiger partial charge is 0.394 e. The van der Waals surface area contributed by atoms with Crippen LogP contribution in [0.1, 0.15) is 31.9 Å². The Morgan fingerprint density at radius 1 is 1.17 bits per heavy atom. The maximum absolute atomic E-state index is 10.4. The molecule has 1 saturated heterocycles. The molecule has 0 aromatic carbocycles. The Morgan fingerprint density at radius 2 is 2.07 bits per heavy atom. The van der Waals surface area contributed by atoms with Crippen molar-refractivity contribution in [1.29, 1.82) is 0 Å². The van der Waals surface area contributed by atoms with Gasteiger partial charge in [-0.3, -0.25) is 4.57 Å². The predicted octanol–water partition coefficient (Wildman–Crippen LogP) is 1.21. The molecule has 158 valence electrons. The summed E-state index contributed by atoms with van der Waals surface area (Å²) in [6.45, 7) is -0.384. The molecule has 2 aromatic rings. The molecule has 0 bridgehead atoms. The van der Waals surface area contributed by atoms with Gasteiger partial charge in [0.05, 0.1) is 19.0 Å². The molecule has 0 radical (unpaired) electrons. The van der Waals surface area contributed by atoms with Gasteiger partial charge < -0.3 is 25.4 Å². The summed E-state index contributed by atoms with van der Waals surface area (Å²) in [6.07, 6.45) is 11.6. The summed E-state index contributed by atoms with van der Waals surface area (Å²) < 4.78 is 7.21. The Bertz CT molecular complexity index is 1030. The molecule has 3 aliphatic rings. The van der Waals surface area contributed by atoms with E-state index in [9.17, 15) is 15.3 Å². The number of fused-ring (bicyclic) bond motifs is 1. The number of imidazole rings is 1. The van der Waals surface area contributed by atoms with E-state index in [1.807, 2.05) is 0 Å². The van der Waals surface area contributed by atoms with Crippen molar-refractivity contribution in [3.8, 4) is 0 Å². The fourth-order valence-corrected chi connectivity index (χ4v) is 4.54. The average molecular weight is 411 g/mol. The molecule has 3 heterocycles. The van der Waals surface area contributed by atoms with Gasteiger partial charge in [0.1, 0.15) is 24.6 Å². The standard InChI is InChI=1S/C21H25N5O4/c27-9-15-17(28)18(29)21(30-15)26-11-24-16-19(22-10-23-20(16)26)25-14-8-4-6-12-5-2-1-3-7-13(12)14/h1-3,7,10-11,14-15,17-18,21,27-29H,4-6,8-9H2,(H,22,23,25)/t14?,15-,17-,18-,21-/m1/s1. The first-order chi connectivity index (χ1) is 14.7. The number of aliphatic hydroxyl groups is 3. The van der Waals surface area contributed by atoms with Crippen LogP contribution in [0.3, 0.4) is 0 Å².